The lowest BCUT2D eigenvalue weighted by molar-refractivity contribution is 0.305. The van der Waals surface area contributed by atoms with E-state index in [-0.39, 0.29) is 18.0 Å². The number of nitrogens with one attached hydrogen (secondary N) is 1. The lowest BCUT2D eigenvalue weighted by atomic mass is 9.89. The van der Waals surface area contributed by atoms with Crippen LogP contribution in [0.5, 0.6) is 5.75 Å². The predicted octanol–water partition coefficient (Wildman–Crippen LogP) is 5.00. The maximum Gasteiger partial charge on any atom is 0.254 e. The molecule has 6 heteroatoms. The van der Waals surface area contributed by atoms with Gasteiger partial charge < -0.3 is 9.72 Å². The van der Waals surface area contributed by atoms with Crippen LogP contribution >= 0.6 is 0 Å². The second-order valence-electron chi connectivity index (χ2n) is 8.04. The third-order valence-corrected chi connectivity index (χ3v) is 5.67. The number of H-pyrrole nitrogens is 1. The fourth-order valence-electron chi connectivity index (χ4n) is 4.20. The summed E-state index contributed by atoms with van der Waals surface area (Å²) in [6.07, 6.45) is 2.09. The van der Waals surface area contributed by atoms with Gasteiger partial charge in [0, 0.05) is 34.8 Å². The van der Waals surface area contributed by atoms with Crippen molar-refractivity contribution in [1.82, 2.24) is 9.97 Å². The zero-order chi connectivity index (χ0) is 22.8. The second-order valence-corrected chi connectivity index (χ2v) is 8.04. The van der Waals surface area contributed by atoms with Gasteiger partial charge in [0.05, 0.1) is 11.8 Å². The van der Waals surface area contributed by atoms with Gasteiger partial charge in [-0.15, -0.1) is 0 Å². The average molecular weight is 429 g/mol. The fraction of sp³-hybridized carbons (Fsp3) is 0.269. The van der Waals surface area contributed by atoms with Gasteiger partial charge in [0.1, 0.15) is 24.0 Å². The van der Waals surface area contributed by atoms with Crippen molar-refractivity contribution in [3.8, 4) is 11.8 Å². The number of ether oxygens (including phenoxy) is 1. The van der Waals surface area contributed by atoms with E-state index in [2.05, 4.69) is 23.0 Å². The quantitative estimate of drug-likeness (QED) is 0.592. The van der Waals surface area contributed by atoms with Crippen molar-refractivity contribution in [2.45, 2.75) is 46.6 Å². The smallest absolute Gasteiger partial charge is 0.254 e. The molecule has 0 saturated carbocycles. The third-order valence-electron chi connectivity index (χ3n) is 5.67. The van der Waals surface area contributed by atoms with E-state index >= 15 is 0 Å². The Bertz CT molecular complexity index is 1330. The van der Waals surface area contributed by atoms with Crippen molar-refractivity contribution < 1.29 is 9.13 Å². The molecule has 2 heterocycles. The molecule has 0 spiro atoms. The van der Waals surface area contributed by atoms with Gasteiger partial charge >= 0.3 is 0 Å². The van der Waals surface area contributed by atoms with E-state index in [1.54, 1.807) is 19.9 Å². The molecule has 0 bridgehead atoms. The van der Waals surface area contributed by atoms with Gasteiger partial charge in [0.2, 0.25) is 0 Å². The van der Waals surface area contributed by atoms with Gasteiger partial charge in [-0.3, -0.25) is 4.79 Å². The van der Waals surface area contributed by atoms with E-state index in [4.69, 9.17) is 4.74 Å². The number of halogens is 1. The Kier molecular flexibility index (Phi) is 5.91. The Morgan fingerprint density at radius 3 is 2.78 bits per heavy atom. The molecule has 0 saturated heterocycles. The molecule has 5 nitrogen and oxygen atoms in total. The van der Waals surface area contributed by atoms with Crippen molar-refractivity contribution >= 4 is 5.57 Å². The minimum absolute atomic E-state index is 0.115. The van der Waals surface area contributed by atoms with E-state index < -0.39 is 0 Å². The minimum Gasteiger partial charge on any atom is -0.488 e. The number of aromatic amines is 1. The minimum atomic E-state index is -0.390. The van der Waals surface area contributed by atoms with E-state index in [1.807, 2.05) is 18.2 Å². The van der Waals surface area contributed by atoms with Crippen molar-refractivity contribution in [1.29, 1.82) is 5.26 Å². The molecule has 1 aromatic heterocycles. The lowest BCUT2D eigenvalue weighted by Crippen LogP contribution is -2.19. The Labute approximate surface area is 186 Å². The van der Waals surface area contributed by atoms with Crippen LogP contribution in [0.3, 0.4) is 0 Å². The topological polar surface area (TPSA) is 78.8 Å². The standard InChI is InChI=1S/C26H24FN3O2/c1-4-5-23-22(26(31)30-16(3)29-23)11-17-6-8-20-18(10-17)14-32-24-12-19(27)7-9-21(24)25(20)15(2)13-28/h6-10,12H,4-5,11,14H2,1-3H3,(H,29,30,31)/b25-15+. The van der Waals surface area contributed by atoms with Crippen molar-refractivity contribution in [2.75, 3.05) is 0 Å². The molecule has 162 valence electrons. The summed E-state index contributed by atoms with van der Waals surface area (Å²) >= 11 is 0. The SMILES string of the molecule is CCCc1nc(C)[nH]c(=O)c1Cc1ccc2c(c1)COc1cc(F)ccc1/C2=C(\C)C#N. The second kappa shape index (κ2) is 8.80. The molecule has 3 aromatic rings. The van der Waals surface area contributed by atoms with Crippen LogP contribution in [0.2, 0.25) is 0 Å². The highest BCUT2D eigenvalue weighted by molar-refractivity contribution is 5.88. The highest BCUT2D eigenvalue weighted by atomic mass is 19.1. The van der Waals surface area contributed by atoms with Gasteiger partial charge in [0.25, 0.3) is 5.56 Å². The average Bonchev–Trinajstić information content (AvgIpc) is 2.92. The van der Waals surface area contributed by atoms with Gasteiger partial charge in [0.15, 0.2) is 0 Å². The first-order chi connectivity index (χ1) is 15.4. The van der Waals surface area contributed by atoms with E-state index in [9.17, 15) is 14.4 Å². The molecule has 0 aliphatic carbocycles. The summed E-state index contributed by atoms with van der Waals surface area (Å²) in [5, 5.41) is 9.60. The Hall–Kier alpha value is -3.72. The molecular weight excluding hydrogens is 405 g/mol. The summed E-state index contributed by atoms with van der Waals surface area (Å²) in [4.78, 5) is 20.0. The van der Waals surface area contributed by atoms with E-state index in [0.717, 1.165) is 40.8 Å². The van der Waals surface area contributed by atoms with Crippen LogP contribution in [0.1, 0.15) is 59.6 Å². The number of aromatic nitrogens is 2. The number of rotatable bonds is 4. The third kappa shape index (κ3) is 4.06. The number of benzene rings is 2. The van der Waals surface area contributed by atoms with Crippen LogP contribution in [-0.4, -0.2) is 9.97 Å². The molecule has 0 amide bonds. The largest absolute Gasteiger partial charge is 0.488 e. The summed E-state index contributed by atoms with van der Waals surface area (Å²) in [6.45, 7) is 5.84. The van der Waals surface area contributed by atoms with Crippen LogP contribution in [-0.2, 0) is 19.4 Å². The molecule has 0 fully saturated rings. The normalized spacial score (nSPS) is 14.0. The molecule has 0 atom stereocenters. The van der Waals surface area contributed by atoms with Crippen molar-refractivity contribution in [2.24, 2.45) is 0 Å². The molecule has 1 aliphatic heterocycles. The Morgan fingerprint density at radius 2 is 2.03 bits per heavy atom. The molecule has 0 unspecified atom stereocenters. The zero-order valence-electron chi connectivity index (χ0n) is 18.4. The molecule has 2 aromatic carbocycles. The zero-order valence-corrected chi connectivity index (χ0v) is 18.4. The van der Waals surface area contributed by atoms with Crippen molar-refractivity contribution in [3.05, 3.63) is 97.5 Å². The monoisotopic (exact) mass is 429 g/mol. The molecular formula is C26H24FN3O2. The van der Waals surface area contributed by atoms with Crippen LogP contribution in [0.4, 0.5) is 4.39 Å². The molecule has 4 rings (SSSR count). The molecule has 0 radical (unpaired) electrons. The van der Waals surface area contributed by atoms with Crippen LogP contribution in [0, 0.1) is 24.1 Å². The van der Waals surface area contributed by atoms with Crippen LogP contribution in [0.15, 0.2) is 46.8 Å². The molecule has 1 N–H and O–H groups in total. The lowest BCUT2D eigenvalue weighted by Gasteiger charge is -2.13. The molecule has 1 aliphatic rings. The summed E-state index contributed by atoms with van der Waals surface area (Å²) in [5.41, 5.74) is 6.05. The number of fused-ring (bicyclic) bond motifs is 2. The number of nitriles is 1. The first-order valence-electron chi connectivity index (χ1n) is 10.7. The Balaban J connectivity index is 1.80. The van der Waals surface area contributed by atoms with E-state index in [0.29, 0.717) is 34.7 Å². The number of nitrogens with zero attached hydrogens (tertiary/aromatic N) is 2. The van der Waals surface area contributed by atoms with Gasteiger partial charge in [-0.2, -0.15) is 5.26 Å². The highest BCUT2D eigenvalue weighted by Gasteiger charge is 2.22. The first-order valence-corrected chi connectivity index (χ1v) is 10.7. The number of aryl methyl sites for hydroxylation is 2. The van der Waals surface area contributed by atoms with Gasteiger partial charge in [-0.25, -0.2) is 9.37 Å². The van der Waals surface area contributed by atoms with E-state index in [1.165, 1.54) is 12.1 Å². The summed E-state index contributed by atoms with van der Waals surface area (Å²) in [6, 6.07) is 12.5. The predicted molar refractivity (Wildman–Crippen MR) is 121 cm³/mol. The van der Waals surface area contributed by atoms with Gasteiger partial charge in [-0.05, 0) is 49.1 Å². The maximum atomic E-state index is 13.8. The Morgan fingerprint density at radius 1 is 1.25 bits per heavy atom. The summed E-state index contributed by atoms with van der Waals surface area (Å²) < 4.78 is 19.8. The fourth-order valence-corrected chi connectivity index (χ4v) is 4.20. The highest BCUT2D eigenvalue weighted by Crippen LogP contribution is 2.39. The number of hydrogen-bond acceptors (Lipinski definition) is 4. The maximum absolute atomic E-state index is 13.8. The summed E-state index contributed by atoms with van der Waals surface area (Å²) in [7, 11) is 0. The first kappa shape index (κ1) is 21.5. The van der Waals surface area contributed by atoms with Crippen molar-refractivity contribution in [3.63, 3.8) is 0 Å². The number of allylic oxidation sites excluding steroid dienone is 1. The summed E-state index contributed by atoms with van der Waals surface area (Å²) in [5.74, 6) is 0.639. The van der Waals surface area contributed by atoms with Crippen LogP contribution in [0.25, 0.3) is 5.57 Å². The van der Waals surface area contributed by atoms with Gasteiger partial charge in [-0.1, -0.05) is 31.5 Å². The molecule has 32 heavy (non-hydrogen) atoms. The number of hydrogen-bond donors (Lipinski definition) is 1. The van der Waals surface area contributed by atoms with Crippen LogP contribution < -0.4 is 10.3 Å².